The van der Waals surface area contributed by atoms with Crippen LogP contribution in [0.4, 0.5) is 0 Å². The summed E-state index contributed by atoms with van der Waals surface area (Å²) in [5.74, 6) is 0.235. The summed E-state index contributed by atoms with van der Waals surface area (Å²) in [5, 5.41) is 0. The highest BCUT2D eigenvalue weighted by atomic mass is 16.2. The number of allylic oxidation sites excluding steroid dienone is 1. The molecule has 2 heterocycles. The molecular formula is C14H17N3O. The zero-order valence-corrected chi connectivity index (χ0v) is 10.4. The number of carbonyl (C=O) groups is 1. The van der Waals surface area contributed by atoms with Crippen molar-refractivity contribution in [3.63, 3.8) is 0 Å². The maximum absolute atomic E-state index is 12.4. The minimum absolute atomic E-state index is 0.0254. The van der Waals surface area contributed by atoms with Crippen molar-refractivity contribution in [3.05, 3.63) is 47.7 Å². The first-order chi connectivity index (χ1) is 8.75. The molecule has 0 spiro atoms. The average Bonchev–Trinajstić information content (AvgIpc) is 2.84. The van der Waals surface area contributed by atoms with Gasteiger partial charge in [-0.1, -0.05) is 30.3 Å². The molecule has 18 heavy (non-hydrogen) atoms. The number of hydrogen-bond donors (Lipinski definition) is 2. The third-order valence-electron chi connectivity index (χ3n) is 3.64. The maximum atomic E-state index is 12.4. The second-order valence-electron chi connectivity index (χ2n) is 4.88. The Labute approximate surface area is 107 Å². The molecule has 1 saturated heterocycles. The molecule has 1 fully saturated rings. The largest absolute Gasteiger partial charge is 0.312 e. The zero-order chi connectivity index (χ0) is 12.5. The van der Waals surface area contributed by atoms with Crippen LogP contribution in [-0.4, -0.2) is 23.4 Å². The number of carbonyl (C=O) groups excluding carboxylic acids is 1. The van der Waals surface area contributed by atoms with Crippen LogP contribution in [0.5, 0.6) is 0 Å². The Hall–Kier alpha value is -1.65. The lowest BCUT2D eigenvalue weighted by Gasteiger charge is -2.32. The van der Waals surface area contributed by atoms with Gasteiger partial charge in [-0.3, -0.25) is 10.2 Å². The Morgan fingerprint density at radius 1 is 1.33 bits per heavy atom. The highest BCUT2D eigenvalue weighted by Gasteiger charge is 2.38. The first kappa shape index (κ1) is 11.4. The summed E-state index contributed by atoms with van der Waals surface area (Å²) >= 11 is 0. The number of hydrazine groups is 1. The van der Waals surface area contributed by atoms with Crippen molar-refractivity contribution in [1.29, 1.82) is 0 Å². The Bertz CT molecular complexity index is 483. The SMILES string of the molecule is CC1=CC2NNCC2C(=O)N1Cc1ccccc1. The lowest BCUT2D eigenvalue weighted by Crippen LogP contribution is -2.44. The summed E-state index contributed by atoms with van der Waals surface area (Å²) in [4.78, 5) is 14.3. The maximum Gasteiger partial charge on any atom is 0.233 e. The molecule has 2 unspecified atom stereocenters. The van der Waals surface area contributed by atoms with Gasteiger partial charge in [-0.05, 0) is 18.6 Å². The molecule has 0 radical (unpaired) electrons. The van der Waals surface area contributed by atoms with Gasteiger partial charge in [-0.2, -0.15) is 0 Å². The van der Waals surface area contributed by atoms with E-state index in [1.807, 2.05) is 30.0 Å². The van der Waals surface area contributed by atoms with E-state index in [9.17, 15) is 4.79 Å². The highest BCUT2D eigenvalue weighted by molar-refractivity contribution is 5.83. The molecule has 94 valence electrons. The van der Waals surface area contributed by atoms with E-state index >= 15 is 0 Å². The van der Waals surface area contributed by atoms with Crippen LogP contribution >= 0.6 is 0 Å². The number of nitrogens with zero attached hydrogens (tertiary/aromatic N) is 1. The summed E-state index contributed by atoms with van der Waals surface area (Å²) in [6.07, 6.45) is 2.13. The Balaban J connectivity index is 1.84. The number of amides is 1. The fourth-order valence-corrected chi connectivity index (χ4v) is 2.61. The predicted octanol–water partition coefficient (Wildman–Crippen LogP) is 1.03. The molecule has 0 aromatic heterocycles. The van der Waals surface area contributed by atoms with Crippen LogP contribution in [0.1, 0.15) is 12.5 Å². The molecule has 2 atom stereocenters. The van der Waals surface area contributed by atoms with E-state index in [1.54, 1.807) is 0 Å². The third kappa shape index (κ3) is 1.94. The lowest BCUT2D eigenvalue weighted by atomic mass is 9.95. The third-order valence-corrected chi connectivity index (χ3v) is 3.64. The van der Waals surface area contributed by atoms with Gasteiger partial charge in [0.1, 0.15) is 0 Å². The number of nitrogens with one attached hydrogen (secondary N) is 2. The van der Waals surface area contributed by atoms with E-state index in [0.717, 1.165) is 11.3 Å². The van der Waals surface area contributed by atoms with Crippen molar-refractivity contribution in [2.24, 2.45) is 5.92 Å². The van der Waals surface area contributed by atoms with Crippen molar-refractivity contribution in [3.8, 4) is 0 Å². The lowest BCUT2D eigenvalue weighted by molar-refractivity contribution is -0.134. The van der Waals surface area contributed by atoms with E-state index in [-0.39, 0.29) is 17.9 Å². The molecule has 2 aliphatic heterocycles. The van der Waals surface area contributed by atoms with Gasteiger partial charge in [-0.15, -0.1) is 0 Å². The van der Waals surface area contributed by atoms with Gasteiger partial charge < -0.3 is 4.90 Å². The van der Waals surface area contributed by atoms with Gasteiger partial charge in [0.15, 0.2) is 0 Å². The van der Waals surface area contributed by atoms with E-state index in [4.69, 9.17) is 0 Å². The van der Waals surface area contributed by atoms with Crippen molar-refractivity contribution < 1.29 is 4.79 Å². The van der Waals surface area contributed by atoms with Crippen LogP contribution < -0.4 is 10.9 Å². The molecule has 0 saturated carbocycles. The second-order valence-corrected chi connectivity index (χ2v) is 4.88. The van der Waals surface area contributed by atoms with Crippen molar-refractivity contribution in [2.75, 3.05) is 6.54 Å². The van der Waals surface area contributed by atoms with E-state index in [0.29, 0.717) is 13.1 Å². The van der Waals surface area contributed by atoms with Crippen molar-refractivity contribution in [1.82, 2.24) is 15.8 Å². The van der Waals surface area contributed by atoms with Crippen LogP contribution in [-0.2, 0) is 11.3 Å². The first-order valence-electron chi connectivity index (χ1n) is 6.28. The average molecular weight is 243 g/mol. The number of benzene rings is 1. The van der Waals surface area contributed by atoms with Gasteiger partial charge in [0.05, 0.1) is 18.5 Å². The van der Waals surface area contributed by atoms with Crippen LogP contribution in [0.15, 0.2) is 42.1 Å². The molecule has 4 heteroatoms. The van der Waals surface area contributed by atoms with Crippen LogP contribution in [0.3, 0.4) is 0 Å². The van der Waals surface area contributed by atoms with Crippen molar-refractivity contribution in [2.45, 2.75) is 19.5 Å². The smallest absolute Gasteiger partial charge is 0.233 e. The molecule has 1 aromatic carbocycles. The van der Waals surface area contributed by atoms with E-state index < -0.39 is 0 Å². The molecule has 0 bridgehead atoms. The first-order valence-corrected chi connectivity index (χ1v) is 6.28. The zero-order valence-electron chi connectivity index (χ0n) is 10.4. The molecular weight excluding hydrogens is 226 g/mol. The van der Waals surface area contributed by atoms with Gasteiger partial charge in [0.25, 0.3) is 0 Å². The second kappa shape index (κ2) is 4.55. The van der Waals surface area contributed by atoms with Crippen LogP contribution in [0.2, 0.25) is 0 Å². The van der Waals surface area contributed by atoms with Crippen LogP contribution in [0, 0.1) is 5.92 Å². The van der Waals surface area contributed by atoms with Crippen LogP contribution in [0.25, 0.3) is 0 Å². The highest BCUT2D eigenvalue weighted by Crippen LogP contribution is 2.25. The monoisotopic (exact) mass is 243 g/mol. The van der Waals surface area contributed by atoms with Gasteiger partial charge in [-0.25, -0.2) is 5.43 Å². The molecule has 4 nitrogen and oxygen atoms in total. The molecule has 2 N–H and O–H groups in total. The number of fused-ring (bicyclic) bond motifs is 1. The summed E-state index contributed by atoms with van der Waals surface area (Å²) in [6.45, 7) is 3.36. The van der Waals surface area contributed by atoms with Gasteiger partial charge >= 0.3 is 0 Å². The minimum atomic E-state index is 0.0254. The number of rotatable bonds is 2. The summed E-state index contributed by atoms with van der Waals surface area (Å²) in [5.41, 5.74) is 8.38. The summed E-state index contributed by atoms with van der Waals surface area (Å²) in [7, 11) is 0. The van der Waals surface area contributed by atoms with Crippen molar-refractivity contribution >= 4 is 5.91 Å². The van der Waals surface area contributed by atoms with E-state index in [2.05, 4.69) is 29.1 Å². The summed E-state index contributed by atoms with van der Waals surface area (Å²) in [6, 6.07) is 10.2. The van der Waals surface area contributed by atoms with E-state index in [1.165, 1.54) is 0 Å². The van der Waals surface area contributed by atoms with Gasteiger partial charge in [0, 0.05) is 12.2 Å². The predicted molar refractivity (Wildman–Crippen MR) is 69.2 cm³/mol. The van der Waals surface area contributed by atoms with Gasteiger partial charge in [0.2, 0.25) is 5.91 Å². The fraction of sp³-hybridized carbons (Fsp3) is 0.357. The Kier molecular flexibility index (Phi) is 2.89. The molecule has 2 aliphatic rings. The normalized spacial score (nSPS) is 27.1. The molecule has 1 amide bonds. The fourth-order valence-electron chi connectivity index (χ4n) is 2.61. The minimum Gasteiger partial charge on any atom is -0.312 e. The molecule has 0 aliphatic carbocycles. The Morgan fingerprint density at radius 2 is 2.11 bits per heavy atom. The summed E-state index contributed by atoms with van der Waals surface area (Å²) < 4.78 is 0. The standard InChI is InChI=1S/C14H17N3O/c1-10-7-13-12(8-15-16-13)14(18)17(10)9-11-5-3-2-4-6-11/h2-7,12-13,15-16H,8-9H2,1H3. The molecule has 1 aromatic rings. The number of hydrogen-bond acceptors (Lipinski definition) is 3. The quantitative estimate of drug-likeness (QED) is 0.815. The molecule has 3 rings (SSSR count). The topological polar surface area (TPSA) is 44.4 Å². The Morgan fingerprint density at radius 3 is 2.89 bits per heavy atom.